The number of amides is 1. The predicted molar refractivity (Wildman–Crippen MR) is 89.4 cm³/mol. The van der Waals surface area contributed by atoms with Crippen LogP contribution in [-0.2, 0) is 0 Å². The van der Waals surface area contributed by atoms with Crippen LogP contribution < -0.4 is 5.32 Å². The first kappa shape index (κ1) is 17.0. The fraction of sp³-hybridized carbons (Fsp3) is 0.133. The molecule has 2 atom stereocenters. The van der Waals surface area contributed by atoms with Gasteiger partial charge in [-0.15, -0.1) is 0 Å². The van der Waals surface area contributed by atoms with Gasteiger partial charge in [0.2, 0.25) is 0 Å². The van der Waals surface area contributed by atoms with E-state index in [-0.39, 0.29) is 10.6 Å². The van der Waals surface area contributed by atoms with Gasteiger partial charge in [-0.05, 0) is 52.4 Å². The second kappa shape index (κ2) is 7.26. The molecule has 0 aliphatic heterocycles. The number of hydrogen-bond donors (Lipinski definition) is 3. The van der Waals surface area contributed by atoms with Crippen LogP contribution in [0.25, 0.3) is 0 Å². The third-order valence-electron chi connectivity index (χ3n) is 3.10. The Labute approximate surface area is 145 Å². The summed E-state index contributed by atoms with van der Waals surface area (Å²) in [6, 6.07) is 9.60. The molecule has 0 radical (unpaired) electrons. The number of carboxylic acid groups (broad SMARTS) is 1. The molecule has 0 aromatic heterocycles. The van der Waals surface area contributed by atoms with Gasteiger partial charge < -0.3 is 15.5 Å². The van der Waals surface area contributed by atoms with Crippen LogP contribution in [0, 0.1) is 9.39 Å². The van der Waals surface area contributed by atoms with Gasteiger partial charge >= 0.3 is 6.09 Å². The van der Waals surface area contributed by atoms with Gasteiger partial charge in [-0.3, -0.25) is 0 Å². The van der Waals surface area contributed by atoms with Crippen molar-refractivity contribution in [3.63, 3.8) is 0 Å². The van der Waals surface area contributed by atoms with E-state index in [9.17, 15) is 14.3 Å². The van der Waals surface area contributed by atoms with E-state index in [0.717, 1.165) is 9.64 Å². The zero-order valence-corrected chi connectivity index (χ0v) is 14.0. The third-order valence-corrected chi connectivity index (χ3v) is 4.06. The van der Waals surface area contributed by atoms with Crippen molar-refractivity contribution in [3.05, 3.63) is 68.0 Å². The Morgan fingerprint density at radius 2 is 1.86 bits per heavy atom. The highest BCUT2D eigenvalue weighted by Gasteiger charge is 2.27. The highest BCUT2D eigenvalue weighted by molar-refractivity contribution is 14.1. The normalized spacial score (nSPS) is 13.5. The van der Waals surface area contributed by atoms with Crippen molar-refractivity contribution in [2.45, 2.75) is 12.1 Å². The molecule has 4 nitrogen and oxygen atoms in total. The van der Waals surface area contributed by atoms with Crippen molar-refractivity contribution in [2.24, 2.45) is 0 Å². The number of aliphatic hydroxyl groups is 1. The van der Waals surface area contributed by atoms with Crippen LogP contribution in [0.5, 0.6) is 0 Å². The fourth-order valence-electron chi connectivity index (χ4n) is 2.07. The number of halogens is 3. The van der Waals surface area contributed by atoms with Gasteiger partial charge in [0, 0.05) is 14.2 Å². The molecule has 2 unspecified atom stereocenters. The van der Waals surface area contributed by atoms with Crippen molar-refractivity contribution >= 4 is 40.3 Å². The van der Waals surface area contributed by atoms with Crippen LogP contribution in [0.15, 0.2) is 42.5 Å². The van der Waals surface area contributed by atoms with Crippen molar-refractivity contribution in [3.8, 4) is 0 Å². The van der Waals surface area contributed by atoms with Gasteiger partial charge in [0.15, 0.2) is 0 Å². The van der Waals surface area contributed by atoms with Gasteiger partial charge in [-0.25, -0.2) is 9.18 Å². The molecule has 7 heteroatoms. The lowest BCUT2D eigenvalue weighted by molar-refractivity contribution is 0.119. The van der Waals surface area contributed by atoms with Gasteiger partial charge in [0.25, 0.3) is 0 Å². The molecule has 0 saturated heterocycles. The molecule has 0 saturated carbocycles. The van der Waals surface area contributed by atoms with E-state index in [4.69, 9.17) is 16.7 Å². The summed E-state index contributed by atoms with van der Waals surface area (Å²) in [6.45, 7) is 0. The fourth-order valence-corrected chi connectivity index (χ4v) is 2.58. The number of rotatable bonds is 4. The van der Waals surface area contributed by atoms with Crippen molar-refractivity contribution in [2.75, 3.05) is 0 Å². The Hall–Kier alpha value is -1.38. The average molecular weight is 436 g/mol. The first-order valence-electron chi connectivity index (χ1n) is 6.26. The maximum absolute atomic E-state index is 14.1. The molecular weight excluding hydrogens is 424 g/mol. The number of nitrogens with one attached hydrogen (secondary N) is 1. The average Bonchev–Trinajstić information content (AvgIpc) is 2.45. The highest BCUT2D eigenvalue weighted by Crippen LogP contribution is 2.31. The van der Waals surface area contributed by atoms with Crippen molar-refractivity contribution in [1.29, 1.82) is 0 Å². The SMILES string of the molecule is O=C(O)NC(c1ccc(Cl)cc1F)C(O)c1ccc(I)cc1. The zero-order valence-electron chi connectivity index (χ0n) is 11.1. The van der Waals surface area contributed by atoms with Crippen LogP contribution in [0.1, 0.15) is 23.3 Å². The Kier molecular flexibility index (Phi) is 5.60. The minimum Gasteiger partial charge on any atom is -0.465 e. The van der Waals surface area contributed by atoms with E-state index in [1.54, 1.807) is 24.3 Å². The van der Waals surface area contributed by atoms with E-state index < -0.39 is 24.1 Å². The van der Waals surface area contributed by atoms with Crippen LogP contribution >= 0.6 is 34.2 Å². The molecule has 3 N–H and O–H groups in total. The number of aliphatic hydroxyl groups excluding tert-OH is 1. The Balaban J connectivity index is 2.40. The lowest BCUT2D eigenvalue weighted by Gasteiger charge is -2.24. The summed E-state index contributed by atoms with van der Waals surface area (Å²) in [7, 11) is 0. The maximum atomic E-state index is 14.1. The summed E-state index contributed by atoms with van der Waals surface area (Å²) in [5.74, 6) is -0.684. The Morgan fingerprint density at radius 3 is 2.41 bits per heavy atom. The lowest BCUT2D eigenvalue weighted by atomic mass is 9.95. The third kappa shape index (κ3) is 4.08. The second-order valence-corrected chi connectivity index (χ2v) is 6.27. The van der Waals surface area contributed by atoms with Gasteiger partial charge in [0.1, 0.15) is 11.9 Å². The number of carbonyl (C=O) groups is 1. The number of benzene rings is 2. The van der Waals surface area contributed by atoms with E-state index in [1.165, 1.54) is 12.1 Å². The first-order chi connectivity index (χ1) is 10.4. The molecule has 2 aromatic carbocycles. The largest absolute Gasteiger partial charge is 0.465 e. The summed E-state index contributed by atoms with van der Waals surface area (Å²) in [5, 5.41) is 21.7. The monoisotopic (exact) mass is 435 g/mol. The molecule has 0 fully saturated rings. The molecule has 2 rings (SSSR count). The number of hydrogen-bond acceptors (Lipinski definition) is 2. The molecule has 0 heterocycles. The second-order valence-electron chi connectivity index (χ2n) is 4.59. The minimum absolute atomic E-state index is 0.0258. The molecule has 0 aliphatic carbocycles. The smallest absolute Gasteiger partial charge is 0.405 e. The topological polar surface area (TPSA) is 69.6 Å². The Morgan fingerprint density at radius 1 is 1.23 bits per heavy atom. The molecule has 0 spiro atoms. The van der Waals surface area contributed by atoms with Gasteiger partial charge in [0.05, 0.1) is 6.04 Å². The van der Waals surface area contributed by atoms with E-state index >= 15 is 0 Å². The predicted octanol–water partition coefficient (Wildman–Crippen LogP) is 4.13. The molecule has 1 amide bonds. The summed E-state index contributed by atoms with van der Waals surface area (Å²) in [6.07, 6.45) is -2.59. The van der Waals surface area contributed by atoms with E-state index in [2.05, 4.69) is 27.9 Å². The van der Waals surface area contributed by atoms with Gasteiger partial charge in [-0.2, -0.15) is 0 Å². The van der Waals surface area contributed by atoms with Crippen LogP contribution in [0.3, 0.4) is 0 Å². The summed E-state index contributed by atoms with van der Waals surface area (Å²) in [5.41, 5.74) is 0.506. The molecular formula is C15H12ClFINO3. The summed E-state index contributed by atoms with van der Waals surface area (Å²) in [4.78, 5) is 11.0. The van der Waals surface area contributed by atoms with Crippen molar-refractivity contribution < 1.29 is 19.4 Å². The minimum atomic E-state index is -1.36. The quantitative estimate of drug-likeness (QED) is 0.633. The standard InChI is InChI=1S/C15H12ClFINO3/c16-9-3-6-11(12(17)7-9)13(19-15(21)22)14(20)8-1-4-10(18)5-2-8/h1-7,13-14,19-20H,(H,21,22). The highest BCUT2D eigenvalue weighted by atomic mass is 127. The van der Waals surface area contributed by atoms with E-state index in [0.29, 0.717) is 5.56 Å². The molecule has 0 aliphatic rings. The summed E-state index contributed by atoms with van der Waals surface area (Å²) >= 11 is 7.81. The molecule has 2 aromatic rings. The molecule has 116 valence electrons. The first-order valence-corrected chi connectivity index (χ1v) is 7.72. The van der Waals surface area contributed by atoms with E-state index in [1.807, 2.05) is 0 Å². The Bertz CT molecular complexity index is 681. The zero-order chi connectivity index (χ0) is 16.3. The molecule has 0 bridgehead atoms. The maximum Gasteiger partial charge on any atom is 0.405 e. The summed E-state index contributed by atoms with van der Waals surface area (Å²) < 4.78 is 15.0. The van der Waals surface area contributed by atoms with Crippen LogP contribution in [-0.4, -0.2) is 16.3 Å². The van der Waals surface area contributed by atoms with Crippen LogP contribution in [0.4, 0.5) is 9.18 Å². The van der Waals surface area contributed by atoms with Crippen LogP contribution in [0.2, 0.25) is 5.02 Å². The van der Waals surface area contributed by atoms with Gasteiger partial charge in [-0.1, -0.05) is 29.8 Å². The van der Waals surface area contributed by atoms with Crippen molar-refractivity contribution in [1.82, 2.24) is 5.32 Å². The lowest BCUT2D eigenvalue weighted by Crippen LogP contribution is -2.32. The molecule has 22 heavy (non-hydrogen) atoms.